The predicted molar refractivity (Wildman–Crippen MR) is 136 cm³/mol. The van der Waals surface area contributed by atoms with Gasteiger partial charge in [0.1, 0.15) is 0 Å². The van der Waals surface area contributed by atoms with Gasteiger partial charge >= 0.3 is 182 Å². The molecule has 0 heterocycles. The normalized spacial score (nSPS) is 13.6. The van der Waals surface area contributed by atoms with Crippen LogP contribution in [-0.2, 0) is 16.8 Å². The number of amides is 1. The van der Waals surface area contributed by atoms with Gasteiger partial charge in [-0.25, -0.2) is 0 Å². The van der Waals surface area contributed by atoms with Crippen molar-refractivity contribution < 1.29 is 46.5 Å². The Balaban J connectivity index is 0.00000128. The number of rotatable bonds is 3. The van der Waals surface area contributed by atoms with Gasteiger partial charge < -0.3 is 24.8 Å². The number of allylic oxidation sites excluding steroid dienone is 1. The number of hydrogen-bond donors (Lipinski definition) is 1. The number of carbonyl (C=O) groups excluding carboxylic acids is 1. The molecule has 1 N–H and O–H groups in total. The van der Waals surface area contributed by atoms with Crippen molar-refractivity contribution >= 4 is 48.4 Å². The van der Waals surface area contributed by atoms with Crippen LogP contribution < -0.4 is 32.5 Å². The molecule has 0 saturated heterocycles. The number of fused-ring (bicyclic) bond motifs is 6. The van der Waals surface area contributed by atoms with Crippen LogP contribution in [0, 0.1) is 0 Å². The van der Waals surface area contributed by atoms with Crippen LogP contribution in [0.4, 0.5) is 0 Å². The number of halogens is 2. The minimum absolute atomic E-state index is 0. The van der Waals surface area contributed by atoms with Gasteiger partial charge in [-0.15, -0.1) is 0 Å². The molecule has 5 rings (SSSR count). The standard InChI is InChI=1S/C18H13.C7H7NO.2CH3.2ClH.H4Si.Ti/c1-12-10-11-17-15-8-3-2-6-13(15)14-7-4-5-9-16(14)18(12)17;8-7(9)6-4-2-1-3-5-6;;;;;;/h2-8,10-12H,1H3;1-5H,(H2,8,9);2*1H3;2*1H;1H4;/q;;;;;;;+3/p-3. The Hall–Kier alpha value is -1.88. The average molecular weight is 530 g/mol. The minimum atomic E-state index is -2.89. The average Bonchev–Trinajstić information content (AvgIpc) is 3.15. The van der Waals surface area contributed by atoms with Gasteiger partial charge in [0.15, 0.2) is 0 Å². The molecule has 1 aliphatic carbocycles. The summed E-state index contributed by atoms with van der Waals surface area (Å²) in [6, 6.07) is 24.9. The third kappa shape index (κ3) is 4.71. The van der Waals surface area contributed by atoms with Gasteiger partial charge in [0.25, 0.3) is 0 Å². The van der Waals surface area contributed by atoms with E-state index in [-0.39, 0.29) is 41.7 Å². The van der Waals surface area contributed by atoms with Crippen LogP contribution in [0.2, 0.25) is 10.5 Å². The fraction of sp³-hybridized carbons (Fsp3) is 0.148. The number of carbonyl (C=O) groups is 1. The summed E-state index contributed by atoms with van der Waals surface area (Å²) < 4.78 is 4.81. The Kier molecular flexibility index (Phi) is 8.78. The largest absolute Gasteiger partial charge is 1.00 e. The molecule has 6 heteroatoms. The molecule has 0 saturated carbocycles. The summed E-state index contributed by atoms with van der Waals surface area (Å²) >= 11 is -2.89. The van der Waals surface area contributed by atoms with Gasteiger partial charge in [-0.2, -0.15) is 0 Å². The van der Waals surface area contributed by atoms with Crippen molar-refractivity contribution in [1.82, 2.24) is 3.80 Å². The van der Waals surface area contributed by atoms with Crippen LogP contribution in [0.3, 0.4) is 0 Å². The Morgan fingerprint density at radius 1 is 0.818 bits per heavy atom. The van der Waals surface area contributed by atoms with E-state index in [0.717, 1.165) is 5.56 Å². The Bertz CT molecular complexity index is 1340. The molecule has 0 fully saturated rings. The summed E-state index contributed by atoms with van der Waals surface area (Å²) in [5, 5.41) is 9.82. The van der Waals surface area contributed by atoms with Crippen LogP contribution in [0.15, 0.2) is 78.9 Å². The van der Waals surface area contributed by atoms with Gasteiger partial charge in [-0.3, -0.25) is 0 Å². The van der Waals surface area contributed by atoms with E-state index in [1.54, 1.807) is 0 Å². The van der Waals surface area contributed by atoms with Crippen molar-refractivity contribution in [3.63, 3.8) is 0 Å². The van der Waals surface area contributed by atoms with E-state index in [9.17, 15) is 4.79 Å². The molecule has 1 amide bonds. The monoisotopic (exact) mass is 529 g/mol. The zero-order valence-corrected chi connectivity index (χ0v) is 21.4. The van der Waals surface area contributed by atoms with Crippen molar-refractivity contribution in [3.05, 3.63) is 95.6 Å². The quantitative estimate of drug-likeness (QED) is 0.265. The fourth-order valence-electron chi connectivity index (χ4n) is 4.82. The molecule has 1 aliphatic rings. The molecule has 0 spiro atoms. The molecule has 1 unspecified atom stereocenters. The molecule has 0 bridgehead atoms. The van der Waals surface area contributed by atoms with Crippen molar-refractivity contribution in [2.24, 2.45) is 0 Å². The smallest absolute Gasteiger partial charge is 0.0149 e. The first-order chi connectivity index (χ1) is 14.5. The van der Waals surface area contributed by atoms with Gasteiger partial charge in [-0.1, -0.05) is 0 Å². The van der Waals surface area contributed by atoms with Gasteiger partial charge in [0, 0.05) is 0 Å². The van der Waals surface area contributed by atoms with Crippen LogP contribution in [-0.4, -0.2) is 16.9 Å². The van der Waals surface area contributed by atoms with Crippen LogP contribution >= 0.6 is 0 Å². The maximum absolute atomic E-state index is 13.0. The molecule has 2 nitrogen and oxygen atoms in total. The molecular formula is C27H29Cl2NOSiTi. The first-order valence-electron chi connectivity index (χ1n) is 10.5. The van der Waals surface area contributed by atoms with E-state index in [2.05, 4.69) is 75.8 Å². The Labute approximate surface area is 216 Å². The topological polar surface area (TPSA) is 29.1 Å². The van der Waals surface area contributed by atoms with Crippen LogP contribution in [0.5, 0.6) is 0 Å². The Morgan fingerprint density at radius 3 is 2.12 bits per heavy atom. The summed E-state index contributed by atoms with van der Waals surface area (Å²) in [6.07, 6.45) is 4.58. The van der Waals surface area contributed by atoms with E-state index >= 15 is 0 Å². The fourth-order valence-corrected chi connectivity index (χ4v) is 8.34. The second kappa shape index (κ2) is 10.6. The van der Waals surface area contributed by atoms with E-state index in [0.29, 0.717) is 5.92 Å². The van der Waals surface area contributed by atoms with Crippen molar-refractivity contribution in [1.29, 1.82) is 0 Å². The summed E-state index contributed by atoms with van der Waals surface area (Å²) in [5.41, 5.74) is 3.47. The number of benzene rings is 4. The number of nitrogens with one attached hydrogen (secondary N) is 1. The predicted octanol–water partition coefficient (Wildman–Crippen LogP) is -1.10. The molecule has 0 aliphatic heterocycles. The van der Waals surface area contributed by atoms with E-state index in [1.807, 2.05) is 30.3 Å². The molecule has 4 aromatic rings. The minimum Gasteiger partial charge on any atom is -1.00 e. The molecule has 0 aromatic heterocycles. The molecule has 170 valence electrons. The summed E-state index contributed by atoms with van der Waals surface area (Å²) in [6.45, 7) is 2.27. The Morgan fingerprint density at radius 2 is 1.42 bits per heavy atom. The number of hydrogen-bond acceptors (Lipinski definition) is 1. The maximum Gasteiger partial charge on any atom is -0.0149 e. The van der Waals surface area contributed by atoms with Crippen molar-refractivity contribution in [2.45, 2.75) is 23.3 Å². The second-order valence-electron chi connectivity index (χ2n) is 8.69. The van der Waals surface area contributed by atoms with Gasteiger partial charge in [-0.05, 0) is 11.0 Å². The van der Waals surface area contributed by atoms with Crippen LogP contribution in [0.25, 0.3) is 27.6 Å². The van der Waals surface area contributed by atoms with Gasteiger partial charge in [0.2, 0.25) is 0 Å². The van der Waals surface area contributed by atoms with Crippen molar-refractivity contribution in [2.75, 3.05) is 0 Å². The third-order valence-corrected chi connectivity index (χ3v) is 10.4. The van der Waals surface area contributed by atoms with E-state index < -0.39 is 16.8 Å². The molecule has 0 radical (unpaired) electrons. The molecule has 4 aromatic carbocycles. The zero-order chi connectivity index (χ0) is 20.9. The molecular weight excluding hydrogens is 501 g/mol. The summed E-state index contributed by atoms with van der Waals surface area (Å²) in [4.78, 5) is 13.0. The van der Waals surface area contributed by atoms with Crippen LogP contribution in [0.1, 0.15) is 34.3 Å². The van der Waals surface area contributed by atoms with E-state index in [4.69, 9.17) is 0 Å². The summed E-state index contributed by atoms with van der Waals surface area (Å²) in [5.74, 6) is 0.400. The SMILES string of the molecule is CC1C=Cc2c1c1[c]([Ti+2]([CH3])([CH3])[NH]C(=O)c3ccccc3)cccc1c1ccccc21.[Cl-].[Cl-].[SiH4]. The molecule has 33 heavy (non-hydrogen) atoms. The zero-order valence-electron chi connectivity index (χ0n) is 18.3. The first-order valence-corrected chi connectivity index (χ1v) is 15.2. The summed E-state index contributed by atoms with van der Waals surface area (Å²) in [7, 11) is 0. The molecule has 1 atom stereocenters. The van der Waals surface area contributed by atoms with E-state index in [1.165, 1.54) is 36.5 Å². The maximum atomic E-state index is 13.0. The van der Waals surface area contributed by atoms with Crippen molar-refractivity contribution in [3.8, 4) is 0 Å². The third-order valence-electron chi connectivity index (χ3n) is 6.27. The van der Waals surface area contributed by atoms with Gasteiger partial charge in [0.05, 0.1) is 0 Å². The first kappa shape index (κ1) is 27.4. The second-order valence-corrected chi connectivity index (χ2v) is 15.0.